The van der Waals surface area contributed by atoms with Crippen molar-refractivity contribution in [2.75, 3.05) is 20.2 Å². The molecule has 0 aliphatic heterocycles. The number of carbonyl (C=O) groups is 2. The van der Waals surface area contributed by atoms with Crippen molar-refractivity contribution in [3.63, 3.8) is 0 Å². The minimum Gasteiger partial charge on any atom is -0.465 e. The fraction of sp³-hybridized carbons (Fsp3) is 0.529. The van der Waals surface area contributed by atoms with Crippen LogP contribution in [0.2, 0.25) is 0 Å². The molecule has 0 aliphatic rings. The van der Waals surface area contributed by atoms with E-state index in [0.29, 0.717) is 13.2 Å². The van der Waals surface area contributed by atoms with E-state index < -0.39 is 11.7 Å². The van der Waals surface area contributed by atoms with Gasteiger partial charge in [-0.15, -0.1) is 0 Å². The van der Waals surface area contributed by atoms with Gasteiger partial charge in [-0.2, -0.15) is 0 Å². The van der Waals surface area contributed by atoms with Gasteiger partial charge in [0, 0.05) is 11.4 Å². The Morgan fingerprint density at radius 2 is 1.83 bits per heavy atom. The van der Waals surface area contributed by atoms with Crippen molar-refractivity contribution >= 4 is 24.0 Å². The maximum atomic E-state index is 11.6. The van der Waals surface area contributed by atoms with Crippen molar-refractivity contribution in [3.05, 3.63) is 29.8 Å². The Kier molecular flexibility index (Phi) is 8.07. The highest BCUT2D eigenvalue weighted by Crippen LogP contribution is 2.21. The van der Waals surface area contributed by atoms with Gasteiger partial charge in [-0.1, -0.05) is 12.1 Å². The number of alkyl carbamates (subject to hydrolysis) is 1. The summed E-state index contributed by atoms with van der Waals surface area (Å²) in [6.07, 6.45) is -0.435. The average Bonchev–Trinajstić information content (AvgIpc) is 2.44. The lowest BCUT2D eigenvalue weighted by Crippen LogP contribution is -2.32. The number of carbonyl (C=O) groups excluding carboxylic acids is 2. The molecular weight excluding hydrogens is 328 g/mol. The Labute approximate surface area is 148 Å². The summed E-state index contributed by atoms with van der Waals surface area (Å²) in [5.41, 5.74) is 0.465. The fourth-order valence-electron chi connectivity index (χ4n) is 1.76. The highest BCUT2D eigenvalue weighted by atomic mass is 32.2. The monoisotopic (exact) mass is 354 g/mol. The smallest absolute Gasteiger partial charge is 0.407 e. The highest BCUT2D eigenvalue weighted by Gasteiger charge is 2.15. The molecule has 0 aliphatic carbocycles. The molecule has 0 atom stereocenters. The van der Waals surface area contributed by atoms with Crippen LogP contribution in [0.4, 0.5) is 4.79 Å². The molecule has 1 N–H and O–H groups in total. The van der Waals surface area contributed by atoms with E-state index in [1.54, 1.807) is 6.92 Å². The third-order valence-corrected chi connectivity index (χ3v) is 3.60. The standard InChI is InChI=1S/C17H26N2O4S/c1-6-22-15(20)12-19(5)24-14-9-7-13(8-10-14)11-18-16(21)23-17(2,3)4/h7-10H,6,11-12H2,1-5H3,(H,18,21). The summed E-state index contributed by atoms with van der Waals surface area (Å²) in [5, 5.41) is 2.72. The minimum atomic E-state index is -0.506. The Hall–Kier alpha value is -1.73. The van der Waals surface area contributed by atoms with Gasteiger partial charge >= 0.3 is 12.1 Å². The van der Waals surface area contributed by atoms with Crippen LogP contribution in [0.3, 0.4) is 0 Å². The first-order chi connectivity index (χ1) is 11.2. The SMILES string of the molecule is CCOC(=O)CN(C)Sc1ccc(CNC(=O)OC(C)(C)C)cc1. The van der Waals surface area contributed by atoms with E-state index in [2.05, 4.69) is 5.32 Å². The molecule has 0 bridgehead atoms. The zero-order chi connectivity index (χ0) is 18.2. The van der Waals surface area contributed by atoms with E-state index in [4.69, 9.17) is 9.47 Å². The molecule has 0 spiro atoms. The molecular formula is C17H26N2O4S. The summed E-state index contributed by atoms with van der Waals surface area (Å²) in [6.45, 7) is 8.27. The van der Waals surface area contributed by atoms with Gasteiger partial charge in [0.25, 0.3) is 0 Å². The molecule has 1 aromatic rings. The van der Waals surface area contributed by atoms with Gasteiger partial charge in [0.05, 0.1) is 6.61 Å². The topological polar surface area (TPSA) is 67.9 Å². The van der Waals surface area contributed by atoms with Gasteiger partial charge < -0.3 is 14.8 Å². The second kappa shape index (κ2) is 9.54. The first-order valence-electron chi connectivity index (χ1n) is 7.80. The summed E-state index contributed by atoms with van der Waals surface area (Å²) >= 11 is 1.46. The number of benzene rings is 1. The minimum absolute atomic E-state index is 0.223. The van der Waals surface area contributed by atoms with Crippen molar-refractivity contribution in [1.82, 2.24) is 9.62 Å². The maximum absolute atomic E-state index is 11.6. The molecule has 1 amide bonds. The summed E-state index contributed by atoms with van der Waals surface area (Å²) < 4.78 is 11.9. The van der Waals surface area contributed by atoms with E-state index >= 15 is 0 Å². The number of ether oxygens (including phenoxy) is 2. The van der Waals surface area contributed by atoms with Crippen LogP contribution in [0.1, 0.15) is 33.3 Å². The highest BCUT2D eigenvalue weighted by molar-refractivity contribution is 7.97. The van der Waals surface area contributed by atoms with Gasteiger partial charge in [0.15, 0.2) is 0 Å². The van der Waals surface area contributed by atoms with E-state index in [1.807, 2.05) is 56.4 Å². The first-order valence-corrected chi connectivity index (χ1v) is 8.57. The number of esters is 1. The number of rotatable bonds is 7. The van der Waals surface area contributed by atoms with Crippen LogP contribution in [0.25, 0.3) is 0 Å². The maximum Gasteiger partial charge on any atom is 0.407 e. The first kappa shape index (κ1) is 20.3. The molecule has 0 fully saturated rings. The Balaban J connectivity index is 2.43. The van der Waals surface area contributed by atoms with Crippen molar-refractivity contribution in [1.29, 1.82) is 0 Å². The number of hydrogen-bond acceptors (Lipinski definition) is 6. The number of nitrogens with one attached hydrogen (secondary N) is 1. The number of nitrogens with zero attached hydrogens (tertiary/aromatic N) is 1. The number of amides is 1. The van der Waals surface area contributed by atoms with E-state index in [1.165, 1.54) is 11.9 Å². The third-order valence-electron chi connectivity index (χ3n) is 2.68. The van der Waals surface area contributed by atoms with E-state index in [9.17, 15) is 9.59 Å². The number of hydrogen-bond donors (Lipinski definition) is 1. The lowest BCUT2D eigenvalue weighted by atomic mass is 10.2. The molecule has 0 saturated heterocycles. The van der Waals surface area contributed by atoms with Gasteiger partial charge in [0.1, 0.15) is 12.1 Å². The van der Waals surface area contributed by atoms with Gasteiger partial charge in [-0.05, 0) is 64.4 Å². The molecule has 6 nitrogen and oxygen atoms in total. The van der Waals surface area contributed by atoms with Crippen LogP contribution >= 0.6 is 11.9 Å². The molecule has 7 heteroatoms. The predicted molar refractivity (Wildman–Crippen MR) is 94.6 cm³/mol. The van der Waals surface area contributed by atoms with Crippen LogP contribution in [0, 0.1) is 0 Å². The van der Waals surface area contributed by atoms with E-state index in [0.717, 1.165) is 10.5 Å². The van der Waals surface area contributed by atoms with Gasteiger partial charge in [-0.3, -0.25) is 4.79 Å². The quantitative estimate of drug-likeness (QED) is 0.599. The van der Waals surface area contributed by atoms with Crippen LogP contribution in [0.5, 0.6) is 0 Å². The van der Waals surface area contributed by atoms with Crippen molar-refractivity contribution in [2.24, 2.45) is 0 Å². The lowest BCUT2D eigenvalue weighted by Gasteiger charge is -2.19. The molecule has 0 unspecified atom stereocenters. The second-order valence-corrected chi connectivity index (χ2v) is 7.46. The summed E-state index contributed by atoms with van der Waals surface area (Å²) in [4.78, 5) is 24.0. The molecule has 134 valence electrons. The predicted octanol–water partition coefficient (Wildman–Crippen LogP) is 3.21. The largest absolute Gasteiger partial charge is 0.465 e. The van der Waals surface area contributed by atoms with Gasteiger partial charge in [0.2, 0.25) is 0 Å². The summed E-state index contributed by atoms with van der Waals surface area (Å²) in [7, 11) is 1.83. The molecule has 1 rings (SSSR count). The zero-order valence-electron chi connectivity index (χ0n) is 14.9. The number of likely N-dealkylation sites (N-methyl/N-ethyl adjacent to an activating group) is 1. The van der Waals surface area contributed by atoms with E-state index in [-0.39, 0.29) is 12.5 Å². The lowest BCUT2D eigenvalue weighted by molar-refractivity contribution is -0.142. The Bertz CT molecular complexity index is 541. The summed E-state index contributed by atoms with van der Waals surface area (Å²) in [6, 6.07) is 7.74. The average molecular weight is 354 g/mol. The molecule has 0 radical (unpaired) electrons. The Morgan fingerprint density at radius 1 is 1.21 bits per heavy atom. The normalized spacial score (nSPS) is 11.2. The van der Waals surface area contributed by atoms with Crippen LogP contribution < -0.4 is 5.32 Å². The van der Waals surface area contributed by atoms with Crippen molar-refractivity contribution < 1.29 is 19.1 Å². The van der Waals surface area contributed by atoms with Crippen LogP contribution in [-0.2, 0) is 20.8 Å². The molecule has 0 saturated carbocycles. The van der Waals surface area contributed by atoms with Crippen molar-refractivity contribution in [2.45, 2.75) is 44.7 Å². The third kappa shape index (κ3) is 8.79. The zero-order valence-corrected chi connectivity index (χ0v) is 15.7. The van der Waals surface area contributed by atoms with Crippen molar-refractivity contribution in [3.8, 4) is 0 Å². The van der Waals surface area contributed by atoms with Gasteiger partial charge in [-0.25, -0.2) is 9.10 Å². The molecule has 24 heavy (non-hydrogen) atoms. The fourth-order valence-corrected chi connectivity index (χ4v) is 2.54. The van der Waals surface area contributed by atoms with Crippen LogP contribution in [0.15, 0.2) is 29.2 Å². The van der Waals surface area contributed by atoms with Crippen LogP contribution in [-0.4, -0.2) is 42.2 Å². The summed E-state index contributed by atoms with van der Waals surface area (Å²) in [5.74, 6) is -0.245. The molecule has 0 heterocycles. The molecule has 1 aromatic carbocycles. The second-order valence-electron chi connectivity index (χ2n) is 6.18. The Morgan fingerprint density at radius 3 is 2.38 bits per heavy atom. The molecule has 0 aromatic heterocycles.